The minimum Gasteiger partial charge on any atom is -0.377 e. The molecular weight excluding hydrogens is 212 g/mol. The molecule has 0 aromatic heterocycles. The van der Waals surface area contributed by atoms with Crippen LogP contribution in [0.1, 0.15) is 51.4 Å². The molecule has 0 amide bonds. The maximum Gasteiger partial charge on any atom is 0.0982 e. The van der Waals surface area contributed by atoms with Gasteiger partial charge < -0.3 is 4.74 Å². The van der Waals surface area contributed by atoms with E-state index in [1.54, 1.807) is 0 Å². The van der Waals surface area contributed by atoms with Crippen LogP contribution >= 0.6 is 0 Å². The summed E-state index contributed by atoms with van der Waals surface area (Å²) in [6, 6.07) is 2.50. The molecule has 2 rings (SSSR count). The molecule has 1 saturated heterocycles. The van der Waals surface area contributed by atoms with Crippen molar-refractivity contribution in [1.29, 1.82) is 5.26 Å². The summed E-state index contributed by atoms with van der Waals surface area (Å²) in [5.41, 5.74) is 0. The fourth-order valence-electron chi connectivity index (χ4n) is 3.03. The predicted octanol–water partition coefficient (Wildman–Crippen LogP) is 2.62. The molecule has 1 heterocycles. The van der Waals surface area contributed by atoms with Crippen molar-refractivity contribution in [1.82, 2.24) is 5.32 Å². The molecule has 0 spiro atoms. The van der Waals surface area contributed by atoms with Crippen LogP contribution in [0.25, 0.3) is 0 Å². The minimum absolute atomic E-state index is 0.0392. The van der Waals surface area contributed by atoms with Crippen LogP contribution < -0.4 is 5.32 Å². The number of nitrogens with zero attached hydrogens (tertiary/aromatic N) is 1. The Bertz CT molecular complexity index is 247. The number of nitrogens with one attached hydrogen (secondary N) is 1. The highest BCUT2D eigenvalue weighted by Gasteiger charge is 2.24. The number of nitriles is 1. The van der Waals surface area contributed by atoms with Crippen molar-refractivity contribution in [3.8, 4) is 6.07 Å². The lowest BCUT2D eigenvalue weighted by atomic mass is 9.92. The summed E-state index contributed by atoms with van der Waals surface area (Å²) in [7, 11) is 0. The van der Waals surface area contributed by atoms with Gasteiger partial charge in [-0.3, -0.25) is 5.32 Å². The van der Waals surface area contributed by atoms with Crippen molar-refractivity contribution < 1.29 is 4.74 Å². The van der Waals surface area contributed by atoms with Gasteiger partial charge in [-0.05, 0) is 31.6 Å². The molecule has 2 fully saturated rings. The second-order valence-electron chi connectivity index (χ2n) is 5.40. The fourth-order valence-corrected chi connectivity index (χ4v) is 3.03. The SMILES string of the molecule is N#CC(NCC1CCCO1)C1CCCCCC1. The van der Waals surface area contributed by atoms with Crippen LogP contribution in [-0.4, -0.2) is 25.3 Å². The number of rotatable bonds is 4. The Morgan fingerprint density at radius 2 is 1.88 bits per heavy atom. The third kappa shape index (κ3) is 3.97. The van der Waals surface area contributed by atoms with Gasteiger partial charge in [-0.25, -0.2) is 0 Å². The average molecular weight is 236 g/mol. The van der Waals surface area contributed by atoms with Crippen molar-refractivity contribution in [2.24, 2.45) is 5.92 Å². The summed E-state index contributed by atoms with van der Waals surface area (Å²) in [6.45, 7) is 1.75. The van der Waals surface area contributed by atoms with Crippen molar-refractivity contribution in [2.75, 3.05) is 13.2 Å². The van der Waals surface area contributed by atoms with Gasteiger partial charge in [0.25, 0.3) is 0 Å². The van der Waals surface area contributed by atoms with Gasteiger partial charge in [0.05, 0.1) is 18.2 Å². The van der Waals surface area contributed by atoms with Crippen molar-refractivity contribution in [3.05, 3.63) is 0 Å². The molecule has 2 unspecified atom stereocenters. The summed E-state index contributed by atoms with van der Waals surface area (Å²) in [6.07, 6.45) is 10.4. The minimum atomic E-state index is 0.0392. The zero-order chi connectivity index (χ0) is 11.9. The Labute approximate surface area is 105 Å². The zero-order valence-corrected chi connectivity index (χ0v) is 10.7. The van der Waals surface area contributed by atoms with Crippen LogP contribution in [0.15, 0.2) is 0 Å². The lowest BCUT2D eigenvalue weighted by Gasteiger charge is -2.22. The maximum atomic E-state index is 9.29. The van der Waals surface area contributed by atoms with E-state index in [1.165, 1.54) is 44.9 Å². The molecule has 0 radical (unpaired) electrons. The van der Waals surface area contributed by atoms with Gasteiger partial charge in [-0.2, -0.15) is 5.26 Å². The van der Waals surface area contributed by atoms with E-state index in [4.69, 9.17) is 4.74 Å². The summed E-state index contributed by atoms with van der Waals surface area (Å²) in [4.78, 5) is 0. The zero-order valence-electron chi connectivity index (χ0n) is 10.7. The Morgan fingerprint density at radius 1 is 1.12 bits per heavy atom. The second kappa shape index (κ2) is 6.98. The largest absolute Gasteiger partial charge is 0.377 e. The summed E-state index contributed by atoms with van der Waals surface area (Å²) < 4.78 is 5.59. The first kappa shape index (κ1) is 12.9. The molecule has 17 heavy (non-hydrogen) atoms. The van der Waals surface area contributed by atoms with Crippen LogP contribution in [0.2, 0.25) is 0 Å². The molecule has 0 aromatic carbocycles. The highest BCUT2D eigenvalue weighted by atomic mass is 16.5. The molecule has 96 valence electrons. The molecule has 1 N–H and O–H groups in total. The van der Waals surface area contributed by atoms with Gasteiger partial charge in [0.2, 0.25) is 0 Å². The van der Waals surface area contributed by atoms with Crippen LogP contribution in [0, 0.1) is 17.2 Å². The Kier molecular flexibility index (Phi) is 5.28. The molecule has 1 aliphatic carbocycles. The monoisotopic (exact) mass is 236 g/mol. The van der Waals surface area contributed by atoms with Crippen LogP contribution in [0.3, 0.4) is 0 Å². The van der Waals surface area contributed by atoms with E-state index in [-0.39, 0.29) is 6.04 Å². The van der Waals surface area contributed by atoms with Crippen LogP contribution in [0.4, 0.5) is 0 Å². The van der Waals surface area contributed by atoms with Gasteiger partial charge in [-0.1, -0.05) is 25.7 Å². The smallest absolute Gasteiger partial charge is 0.0982 e. The van der Waals surface area contributed by atoms with Crippen LogP contribution in [0.5, 0.6) is 0 Å². The van der Waals surface area contributed by atoms with E-state index in [2.05, 4.69) is 11.4 Å². The molecular formula is C14H24N2O. The van der Waals surface area contributed by atoms with Crippen LogP contribution in [-0.2, 0) is 4.74 Å². The van der Waals surface area contributed by atoms with Gasteiger partial charge in [-0.15, -0.1) is 0 Å². The molecule has 3 heteroatoms. The number of ether oxygens (including phenoxy) is 1. The molecule has 0 bridgehead atoms. The summed E-state index contributed by atoms with van der Waals surface area (Å²) >= 11 is 0. The fraction of sp³-hybridized carbons (Fsp3) is 0.929. The van der Waals surface area contributed by atoms with E-state index in [0.717, 1.165) is 19.6 Å². The molecule has 2 atom stereocenters. The Morgan fingerprint density at radius 3 is 2.47 bits per heavy atom. The van der Waals surface area contributed by atoms with Gasteiger partial charge in [0, 0.05) is 13.2 Å². The number of hydrogen-bond donors (Lipinski definition) is 1. The molecule has 1 saturated carbocycles. The van der Waals surface area contributed by atoms with E-state index < -0.39 is 0 Å². The highest BCUT2D eigenvalue weighted by molar-refractivity contribution is 4.95. The lowest BCUT2D eigenvalue weighted by molar-refractivity contribution is 0.106. The van der Waals surface area contributed by atoms with E-state index in [0.29, 0.717) is 12.0 Å². The van der Waals surface area contributed by atoms with Crippen molar-refractivity contribution in [2.45, 2.75) is 63.5 Å². The first-order valence-corrected chi connectivity index (χ1v) is 7.15. The summed E-state index contributed by atoms with van der Waals surface area (Å²) in [5, 5.41) is 12.7. The van der Waals surface area contributed by atoms with E-state index >= 15 is 0 Å². The van der Waals surface area contributed by atoms with Gasteiger partial charge >= 0.3 is 0 Å². The lowest BCUT2D eigenvalue weighted by Crippen LogP contribution is -2.39. The van der Waals surface area contributed by atoms with Gasteiger partial charge in [0.1, 0.15) is 0 Å². The molecule has 1 aliphatic heterocycles. The quantitative estimate of drug-likeness (QED) is 0.763. The van der Waals surface area contributed by atoms with Crippen molar-refractivity contribution in [3.63, 3.8) is 0 Å². The standard InChI is InChI=1S/C14H24N2O/c15-10-14(12-6-3-1-2-4-7-12)16-11-13-8-5-9-17-13/h12-14,16H,1-9,11H2. The molecule has 0 aromatic rings. The number of hydrogen-bond acceptors (Lipinski definition) is 3. The second-order valence-corrected chi connectivity index (χ2v) is 5.40. The topological polar surface area (TPSA) is 45.0 Å². The highest BCUT2D eigenvalue weighted by Crippen LogP contribution is 2.25. The van der Waals surface area contributed by atoms with Crippen molar-refractivity contribution >= 4 is 0 Å². The predicted molar refractivity (Wildman–Crippen MR) is 67.6 cm³/mol. The molecule has 2 aliphatic rings. The first-order chi connectivity index (χ1) is 8.40. The van der Waals surface area contributed by atoms with Gasteiger partial charge in [0.15, 0.2) is 0 Å². The van der Waals surface area contributed by atoms with E-state index in [9.17, 15) is 5.26 Å². The first-order valence-electron chi connectivity index (χ1n) is 7.15. The normalized spacial score (nSPS) is 28.5. The third-order valence-corrected chi connectivity index (χ3v) is 4.10. The Balaban J connectivity index is 1.76. The maximum absolute atomic E-state index is 9.29. The van der Waals surface area contributed by atoms with E-state index in [1.807, 2.05) is 0 Å². The Hall–Kier alpha value is -0.590. The average Bonchev–Trinajstić information content (AvgIpc) is 2.72. The summed E-state index contributed by atoms with van der Waals surface area (Å²) in [5.74, 6) is 0.559. The third-order valence-electron chi connectivity index (χ3n) is 4.10. The molecule has 3 nitrogen and oxygen atoms in total.